The average molecular weight is 330 g/mol. The Balaban J connectivity index is 2.89. The second-order valence-electron chi connectivity index (χ2n) is 4.97. The first kappa shape index (κ1) is 16.3. The molecule has 0 aromatic heterocycles. The van der Waals surface area contributed by atoms with E-state index in [1.54, 1.807) is 7.11 Å². The summed E-state index contributed by atoms with van der Waals surface area (Å²) in [7, 11) is 1.67. The highest BCUT2D eigenvalue weighted by molar-refractivity contribution is 9.10. The maximum Gasteiger partial charge on any atom is 0.175 e. The van der Waals surface area contributed by atoms with Gasteiger partial charge in [-0.05, 0) is 60.8 Å². The van der Waals surface area contributed by atoms with E-state index in [2.05, 4.69) is 41.2 Å². The van der Waals surface area contributed by atoms with Crippen LogP contribution in [-0.4, -0.2) is 19.3 Å². The zero-order valence-corrected chi connectivity index (χ0v) is 14.0. The highest BCUT2D eigenvalue weighted by Gasteiger charge is 2.13. The van der Waals surface area contributed by atoms with Crippen LogP contribution in [0.1, 0.15) is 39.7 Å². The first-order chi connectivity index (χ1) is 8.97. The fourth-order valence-electron chi connectivity index (χ4n) is 1.66. The van der Waals surface area contributed by atoms with Gasteiger partial charge in [-0.25, -0.2) is 0 Å². The van der Waals surface area contributed by atoms with Crippen LogP contribution in [0.3, 0.4) is 0 Å². The molecule has 0 aliphatic rings. The minimum Gasteiger partial charge on any atom is -0.493 e. The lowest BCUT2D eigenvalue weighted by Crippen LogP contribution is -2.24. The molecule has 19 heavy (non-hydrogen) atoms. The molecule has 0 radical (unpaired) electrons. The molecule has 0 bridgehead atoms. The van der Waals surface area contributed by atoms with Gasteiger partial charge in [0.05, 0.1) is 17.7 Å². The Kier molecular flexibility index (Phi) is 6.66. The highest BCUT2D eigenvalue weighted by atomic mass is 79.9. The molecule has 0 saturated carbocycles. The molecular formula is C15H24BrNO2. The Bertz CT molecular complexity index is 407. The van der Waals surface area contributed by atoms with E-state index >= 15 is 0 Å². The van der Waals surface area contributed by atoms with Gasteiger partial charge >= 0.3 is 0 Å². The third-order valence-corrected chi connectivity index (χ3v) is 3.50. The summed E-state index contributed by atoms with van der Waals surface area (Å²) in [5, 5.41) is 3.47. The van der Waals surface area contributed by atoms with Crippen molar-refractivity contribution in [3.63, 3.8) is 0 Å². The van der Waals surface area contributed by atoms with Gasteiger partial charge < -0.3 is 14.8 Å². The largest absolute Gasteiger partial charge is 0.493 e. The van der Waals surface area contributed by atoms with E-state index in [9.17, 15) is 0 Å². The average Bonchev–Trinajstić information content (AvgIpc) is 2.37. The van der Waals surface area contributed by atoms with Crippen molar-refractivity contribution in [2.75, 3.05) is 7.11 Å². The fraction of sp³-hybridized carbons (Fsp3) is 0.600. The van der Waals surface area contributed by atoms with Crippen LogP contribution in [-0.2, 0) is 6.54 Å². The quantitative estimate of drug-likeness (QED) is 0.815. The van der Waals surface area contributed by atoms with Crippen LogP contribution in [0.4, 0.5) is 0 Å². The summed E-state index contributed by atoms with van der Waals surface area (Å²) in [6.07, 6.45) is 1.24. The zero-order valence-electron chi connectivity index (χ0n) is 12.4. The minimum absolute atomic E-state index is 0.120. The molecule has 0 aliphatic heterocycles. The van der Waals surface area contributed by atoms with Crippen LogP contribution in [0, 0.1) is 0 Å². The number of rotatable bonds is 7. The lowest BCUT2D eigenvalue weighted by Gasteiger charge is -2.17. The van der Waals surface area contributed by atoms with Crippen LogP contribution in [0.5, 0.6) is 11.5 Å². The molecular weight excluding hydrogens is 306 g/mol. The summed E-state index contributed by atoms with van der Waals surface area (Å²) in [5.41, 5.74) is 1.18. The van der Waals surface area contributed by atoms with E-state index in [-0.39, 0.29) is 6.10 Å². The lowest BCUT2D eigenvalue weighted by molar-refractivity contribution is 0.228. The first-order valence-corrected chi connectivity index (χ1v) is 7.53. The third-order valence-electron chi connectivity index (χ3n) is 2.91. The molecule has 108 valence electrons. The third kappa shape index (κ3) is 5.03. The second kappa shape index (κ2) is 7.75. The van der Waals surface area contributed by atoms with E-state index in [4.69, 9.17) is 9.47 Å². The van der Waals surface area contributed by atoms with Crippen LogP contribution in [0.25, 0.3) is 0 Å². The Labute approximate surface area is 124 Å². The van der Waals surface area contributed by atoms with Gasteiger partial charge in [-0.2, -0.15) is 0 Å². The van der Waals surface area contributed by atoms with Gasteiger partial charge in [-0.1, -0.05) is 6.92 Å². The molecule has 0 unspecified atom stereocenters. The fourth-order valence-corrected chi connectivity index (χ4v) is 2.24. The van der Waals surface area contributed by atoms with Crippen molar-refractivity contribution >= 4 is 15.9 Å². The van der Waals surface area contributed by atoms with Gasteiger partial charge in [-0.15, -0.1) is 0 Å². The van der Waals surface area contributed by atoms with Gasteiger partial charge in [0.2, 0.25) is 0 Å². The SMILES string of the molecule is CC[C@@H](C)NCc1cc(Br)c(OC(C)C)c(OC)c1. The van der Waals surface area contributed by atoms with Crippen molar-refractivity contribution in [1.82, 2.24) is 5.32 Å². The normalized spacial score (nSPS) is 12.6. The predicted octanol–water partition coefficient (Wildman–Crippen LogP) is 4.13. The van der Waals surface area contributed by atoms with Crippen molar-refractivity contribution in [2.45, 2.75) is 52.8 Å². The van der Waals surface area contributed by atoms with Gasteiger partial charge in [0.15, 0.2) is 11.5 Å². The van der Waals surface area contributed by atoms with E-state index < -0.39 is 0 Å². The molecule has 1 N–H and O–H groups in total. The first-order valence-electron chi connectivity index (χ1n) is 6.74. The second-order valence-corrected chi connectivity index (χ2v) is 5.82. The molecule has 1 atom stereocenters. The Morgan fingerprint density at radius 3 is 2.47 bits per heavy atom. The zero-order chi connectivity index (χ0) is 14.4. The number of nitrogens with one attached hydrogen (secondary N) is 1. The molecule has 0 saturated heterocycles. The van der Waals surface area contributed by atoms with E-state index in [0.29, 0.717) is 6.04 Å². The molecule has 0 fully saturated rings. The molecule has 1 aromatic carbocycles. The van der Waals surface area contributed by atoms with Gasteiger partial charge in [-0.3, -0.25) is 0 Å². The summed E-state index contributed by atoms with van der Waals surface area (Å²) in [4.78, 5) is 0. The molecule has 0 amide bonds. The Morgan fingerprint density at radius 2 is 1.95 bits per heavy atom. The standard InChI is InChI=1S/C15H24BrNO2/c1-6-11(4)17-9-12-7-13(16)15(19-10(2)3)14(8-12)18-5/h7-8,10-11,17H,6,9H2,1-5H3/t11-/m1/s1. The number of methoxy groups -OCH3 is 1. The predicted molar refractivity (Wildman–Crippen MR) is 83.1 cm³/mol. The van der Waals surface area contributed by atoms with Gasteiger partial charge in [0, 0.05) is 12.6 Å². The van der Waals surface area contributed by atoms with Gasteiger partial charge in [0.1, 0.15) is 0 Å². The van der Waals surface area contributed by atoms with E-state index in [0.717, 1.165) is 28.9 Å². The van der Waals surface area contributed by atoms with Gasteiger partial charge in [0.25, 0.3) is 0 Å². The lowest BCUT2D eigenvalue weighted by atomic mass is 10.1. The molecule has 1 rings (SSSR count). The summed E-state index contributed by atoms with van der Waals surface area (Å²) in [6, 6.07) is 4.62. The van der Waals surface area contributed by atoms with Crippen molar-refractivity contribution in [3.8, 4) is 11.5 Å². The minimum atomic E-state index is 0.120. The van der Waals surface area contributed by atoms with Crippen molar-refractivity contribution < 1.29 is 9.47 Å². The summed E-state index contributed by atoms with van der Waals surface area (Å²) in [5.74, 6) is 1.54. The summed E-state index contributed by atoms with van der Waals surface area (Å²) >= 11 is 3.56. The summed E-state index contributed by atoms with van der Waals surface area (Å²) < 4.78 is 12.1. The topological polar surface area (TPSA) is 30.5 Å². The summed E-state index contributed by atoms with van der Waals surface area (Å²) in [6.45, 7) is 9.19. The van der Waals surface area contributed by atoms with E-state index in [1.807, 2.05) is 19.9 Å². The molecule has 0 aliphatic carbocycles. The highest BCUT2D eigenvalue weighted by Crippen LogP contribution is 2.37. The molecule has 0 heterocycles. The maximum atomic E-state index is 5.78. The number of benzene rings is 1. The van der Waals surface area contributed by atoms with Crippen LogP contribution < -0.4 is 14.8 Å². The number of hydrogen-bond donors (Lipinski definition) is 1. The smallest absolute Gasteiger partial charge is 0.175 e. The molecule has 0 spiro atoms. The number of halogens is 1. The van der Waals surface area contributed by atoms with Crippen molar-refractivity contribution in [1.29, 1.82) is 0 Å². The van der Waals surface area contributed by atoms with Crippen molar-refractivity contribution in [2.24, 2.45) is 0 Å². The Morgan fingerprint density at radius 1 is 1.26 bits per heavy atom. The molecule has 3 nitrogen and oxygen atoms in total. The van der Waals surface area contributed by atoms with Crippen molar-refractivity contribution in [3.05, 3.63) is 22.2 Å². The monoisotopic (exact) mass is 329 g/mol. The van der Waals surface area contributed by atoms with Crippen LogP contribution in [0.15, 0.2) is 16.6 Å². The van der Waals surface area contributed by atoms with E-state index in [1.165, 1.54) is 5.56 Å². The maximum absolute atomic E-state index is 5.78. The number of ether oxygens (including phenoxy) is 2. The molecule has 4 heteroatoms. The molecule has 1 aromatic rings. The number of hydrogen-bond acceptors (Lipinski definition) is 3. The van der Waals surface area contributed by atoms with Crippen LogP contribution >= 0.6 is 15.9 Å². The Hall–Kier alpha value is -0.740. The van der Waals surface area contributed by atoms with Crippen LogP contribution in [0.2, 0.25) is 0 Å².